The van der Waals surface area contributed by atoms with Crippen molar-refractivity contribution in [2.24, 2.45) is 11.3 Å². The Kier molecular flexibility index (Phi) is 3.78. The van der Waals surface area contributed by atoms with Crippen LogP contribution in [0.25, 0.3) is 0 Å². The molecule has 116 valence electrons. The summed E-state index contributed by atoms with van der Waals surface area (Å²) in [5.74, 6) is 1.74. The van der Waals surface area contributed by atoms with Crippen molar-refractivity contribution in [3.8, 4) is 6.07 Å². The van der Waals surface area contributed by atoms with Crippen molar-refractivity contribution in [2.75, 3.05) is 0 Å². The number of unbranched alkanes of at least 4 members (excludes halogenated alkanes) is 1. The monoisotopic (exact) mass is 289 g/mol. The molecule has 3 rings (SSSR count). The summed E-state index contributed by atoms with van der Waals surface area (Å²) in [5.41, 5.74) is 1.00. The van der Waals surface area contributed by atoms with E-state index < -0.39 is 5.60 Å². The molecule has 0 bridgehead atoms. The topological polar surface area (TPSA) is 53.2 Å². The molecule has 3 aliphatic rings. The van der Waals surface area contributed by atoms with Crippen LogP contribution in [0, 0.1) is 22.7 Å². The summed E-state index contributed by atoms with van der Waals surface area (Å²) in [4.78, 5) is 0. The van der Waals surface area contributed by atoms with Crippen LogP contribution >= 0.6 is 0 Å². The Morgan fingerprint density at radius 2 is 2.10 bits per heavy atom. The molecule has 1 N–H and O–H groups in total. The number of fused-ring (bicyclic) bond motifs is 2. The Morgan fingerprint density at radius 1 is 1.29 bits per heavy atom. The first-order chi connectivity index (χ1) is 9.98. The van der Waals surface area contributed by atoms with Crippen molar-refractivity contribution in [1.82, 2.24) is 0 Å². The van der Waals surface area contributed by atoms with Crippen LogP contribution in [0.15, 0.2) is 11.3 Å². The van der Waals surface area contributed by atoms with E-state index in [2.05, 4.69) is 13.0 Å². The Hall–Kier alpha value is -1.01. The Morgan fingerprint density at radius 3 is 2.86 bits per heavy atom. The highest BCUT2D eigenvalue weighted by molar-refractivity contribution is 5.27. The van der Waals surface area contributed by atoms with Gasteiger partial charge in [0, 0.05) is 18.3 Å². The molecule has 0 saturated heterocycles. The molecular formula is C18H27NO2. The van der Waals surface area contributed by atoms with E-state index in [-0.39, 0.29) is 5.41 Å². The molecule has 0 aromatic carbocycles. The van der Waals surface area contributed by atoms with Crippen LogP contribution in [-0.4, -0.2) is 16.8 Å². The maximum absolute atomic E-state index is 10.7. The standard InChI is InChI=1S/C18H27NO2/c1-17-10-9-16-14(15(17)8-11-18(17,2)20)7-6-13(21-16)5-3-4-12-19/h13,15,20H,3-11H2,1-2H3. The molecule has 1 aliphatic heterocycles. The molecule has 1 fully saturated rings. The van der Waals surface area contributed by atoms with Crippen molar-refractivity contribution in [2.45, 2.75) is 83.3 Å². The third kappa shape index (κ3) is 2.38. The van der Waals surface area contributed by atoms with Gasteiger partial charge < -0.3 is 9.84 Å². The van der Waals surface area contributed by atoms with Crippen molar-refractivity contribution < 1.29 is 9.84 Å². The average molecular weight is 289 g/mol. The molecule has 1 saturated carbocycles. The molecule has 0 amide bonds. The average Bonchev–Trinajstić information content (AvgIpc) is 2.70. The molecule has 0 aromatic rings. The van der Waals surface area contributed by atoms with Crippen molar-refractivity contribution in [1.29, 1.82) is 5.26 Å². The predicted molar refractivity (Wildman–Crippen MR) is 81.3 cm³/mol. The second kappa shape index (κ2) is 5.32. The third-order valence-electron chi connectivity index (χ3n) is 6.43. The molecule has 3 heteroatoms. The second-order valence-corrected chi connectivity index (χ2v) is 7.56. The van der Waals surface area contributed by atoms with Crippen LogP contribution in [-0.2, 0) is 4.74 Å². The Bertz CT molecular complexity index is 488. The lowest BCUT2D eigenvalue weighted by Gasteiger charge is -2.47. The minimum atomic E-state index is -0.528. The SMILES string of the molecule is CC1(O)CCC2C3=C(CCC21C)OC(CCCC#N)CC3. The van der Waals surface area contributed by atoms with E-state index in [1.165, 1.54) is 11.3 Å². The van der Waals surface area contributed by atoms with E-state index in [1.807, 2.05) is 6.92 Å². The van der Waals surface area contributed by atoms with Gasteiger partial charge in [0.05, 0.1) is 23.5 Å². The van der Waals surface area contributed by atoms with Gasteiger partial charge in [0.25, 0.3) is 0 Å². The summed E-state index contributed by atoms with van der Waals surface area (Å²) >= 11 is 0. The van der Waals surface area contributed by atoms with E-state index >= 15 is 0 Å². The highest BCUT2D eigenvalue weighted by atomic mass is 16.5. The predicted octanol–water partition coefficient (Wildman–Crippen LogP) is 4.07. The summed E-state index contributed by atoms with van der Waals surface area (Å²) < 4.78 is 6.25. The van der Waals surface area contributed by atoms with Gasteiger partial charge in [-0.2, -0.15) is 5.26 Å². The van der Waals surface area contributed by atoms with Crippen LogP contribution in [0.1, 0.15) is 71.6 Å². The molecule has 2 aliphatic carbocycles. The van der Waals surface area contributed by atoms with Crippen LogP contribution < -0.4 is 0 Å². The van der Waals surface area contributed by atoms with Crippen LogP contribution in [0.3, 0.4) is 0 Å². The van der Waals surface area contributed by atoms with Gasteiger partial charge in [-0.1, -0.05) is 6.92 Å². The second-order valence-electron chi connectivity index (χ2n) is 7.56. The summed E-state index contributed by atoms with van der Waals surface area (Å²) in [6.07, 6.45) is 9.13. The molecule has 4 unspecified atom stereocenters. The minimum Gasteiger partial charge on any atom is -0.495 e. The molecule has 0 spiro atoms. The minimum absolute atomic E-state index is 0.0306. The molecule has 0 aromatic heterocycles. The van der Waals surface area contributed by atoms with E-state index in [9.17, 15) is 5.11 Å². The highest BCUT2D eigenvalue weighted by Gasteiger charge is 2.56. The van der Waals surface area contributed by atoms with Gasteiger partial charge in [-0.05, 0) is 63.4 Å². The van der Waals surface area contributed by atoms with Crippen LogP contribution in [0.2, 0.25) is 0 Å². The maximum Gasteiger partial charge on any atom is 0.0985 e. The largest absolute Gasteiger partial charge is 0.495 e. The van der Waals surface area contributed by atoms with Crippen molar-refractivity contribution in [3.05, 3.63) is 11.3 Å². The number of allylic oxidation sites excluding steroid dienone is 2. The van der Waals surface area contributed by atoms with E-state index in [0.717, 1.165) is 51.4 Å². The fourth-order valence-corrected chi connectivity index (χ4v) is 4.77. The van der Waals surface area contributed by atoms with Crippen molar-refractivity contribution in [3.63, 3.8) is 0 Å². The third-order valence-corrected chi connectivity index (χ3v) is 6.43. The first-order valence-corrected chi connectivity index (χ1v) is 8.46. The van der Waals surface area contributed by atoms with Crippen LogP contribution in [0.4, 0.5) is 0 Å². The summed E-state index contributed by atoms with van der Waals surface area (Å²) in [7, 11) is 0. The van der Waals surface area contributed by atoms with E-state index in [4.69, 9.17) is 10.00 Å². The summed E-state index contributed by atoms with van der Waals surface area (Å²) in [5, 5.41) is 19.4. The normalized spacial score (nSPS) is 42.0. The lowest BCUT2D eigenvalue weighted by molar-refractivity contribution is -0.0658. The molecule has 3 nitrogen and oxygen atoms in total. The zero-order valence-corrected chi connectivity index (χ0v) is 13.3. The van der Waals surface area contributed by atoms with E-state index in [0.29, 0.717) is 18.4 Å². The number of aliphatic hydroxyl groups is 1. The Labute approximate surface area is 128 Å². The van der Waals surface area contributed by atoms with Gasteiger partial charge in [0.2, 0.25) is 0 Å². The number of hydrogen-bond acceptors (Lipinski definition) is 3. The van der Waals surface area contributed by atoms with Gasteiger partial charge in [-0.15, -0.1) is 0 Å². The number of hydrogen-bond donors (Lipinski definition) is 1. The number of nitriles is 1. The quantitative estimate of drug-likeness (QED) is 0.797. The van der Waals surface area contributed by atoms with Crippen molar-refractivity contribution >= 4 is 0 Å². The molecule has 4 atom stereocenters. The molecule has 0 radical (unpaired) electrons. The van der Waals surface area contributed by atoms with Crippen LogP contribution in [0.5, 0.6) is 0 Å². The number of ether oxygens (including phenoxy) is 1. The number of nitrogens with zero attached hydrogens (tertiary/aromatic N) is 1. The maximum atomic E-state index is 10.7. The zero-order chi connectivity index (χ0) is 15.1. The Balaban J connectivity index is 1.72. The van der Waals surface area contributed by atoms with Gasteiger partial charge in [-0.25, -0.2) is 0 Å². The van der Waals surface area contributed by atoms with Gasteiger partial charge in [0.1, 0.15) is 0 Å². The highest BCUT2D eigenvalue weighted by Crippen LogP contribution is 2.60. The fraction of sp³-hybridized carbons (Fsp3) is 0.833. The lowest BCUT2D eigenvalue weighted by atomic mass is 9.62. The summed E-state index contributed by atoms with van der Waals surface area (Å²) in [6.45, 7) is 4.29. The van der Waals surface area contributed by atoms with Gasteiger partial charge in [-0.3, -0.25) is 0 Å². The lowest BCUT2D eigenvalue weighted by Crippen LogP contribution is -2.45. The molecular weight excluding hydrogens is 262 g/mol. The first kappa shape index (κ1) is 14.9. The summed E-state index contributed by atoms with van der Waals surface area (Å²) in [6, 6.07) is 2.21. The zero-order valence-electron chi connectivity index (χ0n) is 13.3. The number of rotatable bonds is 3. The fourth-order valence-electron chi connectivity index (χ4n) is 4.77. The first-order valence-electron chi connectivity index (χ1n) is 8.46. The molecule has 1 heterocycles. The smallest absolute Gasteiger partial charge is 0.0985 e. The van der Waals surface area contributed by atoms with Gasteiger partial charge >= 0.3 is 0 Å². The molecule has 21 heavy (non-hydrogen) atoms. The van der Waals surface area contributed by atoms with E-state index in [1.54, 1.807) is 0 Å². The van der Waals surface area contributed by atoms with Gasteiger partial charge in [0.15, 0.2) is 0 Å².